The molecule has 1 aliphatic heterocycles. The number of amides is 2. The predicted octanol–water partition coefficient (Wildman–Crippen LogP) is 3.91. The van der Waals surface area contributed by atoms with Crippen molar-refractivity contribution >= 4 is 17.5 Å². The van der Waals surface area contributed by atoms with Gasteiger partial charge in [-0.3, -0.25) is 9.59 Å². The molecule has 0 fully saturated rings. The number of anilines is 1. The van der Waals surface area contributed by atoms with Crippen molar-refractivity contribution in [2.24, 2.45) is 0 Å². The molecule has 0 saturated heterocycles. The molecule has 28 heavy (non-hydrogen) atoms. The normalized spacial score (nSPS) is 13.9. The zero-order valence-electron chi connectivity index (χ0n) is 17.4. The fourth-order valence-electron chi connectivity index (χ4n) is 3.47. The number of nitrogens with zero attached hydrogens (tertiary/aromatic N) is 2. The Morgan fingerprint density at radius 2 is 1.75 bits per heavy atom. The molecule has 3 rings (SSSR count). The van der Waals surface area contributed by atoms with Gasteiger partial charge < -0.3 is 15.2 Å². The highest BCUT2D eigenvalue weighted by molar-refractivity contribution is 6.05. The molecule has 2 heterocycles. The van der Waals surface area contributed by atoms with Crippen molar-refractivity contribution in [2.75, 3.05) is 5.32 Å². The van der Waals surface area contributed by atoms with Gasteiger partial charge in [0.25, 0.3) is 11.8 Å². The molecule has 0 atom stereocenters. The standard InChI is InChI=1S/C22H30N4O2/c1-14(2)23-21(28)19-25-18(17-8-6-7-13-26(17)19)20(27)24-16-11-9-15(10-12-16)22(3,4)5/h9-12,14H,6-8,13H2,1-5H3,(H,23,28)(H,24,27). The molecule has 0 unspecified atom stereocenters. The maximum atomic E-state index is 12.9. The number of carbonyl (C=O) groups excluding carboxylic acids is 2. The predicted molar refractivity (Wildman–Crippen MR) is 111 cm³/mol. The maximum Gasteiger partial charge on any atom is 0.287 e. The first-order chi connectivity index (χ1) is 13.2. The van der Waals surface area contributed by atoms with Crippen LogP contribution in [-0.2, 0) is 18.4 Å². The second kappa shape index (κ2) is 7.78. The van der Waals surface area contributed by atoms with Gasteiger partial charge in [-0.15, -0.1) is 0 Å². The summed E-state index contributed by atoms with van der Waals surface area (Å²) in [4.78, 5) is 29.9. The Morgan fingerprint density at radius 3 is 2.36 bits per heavy atom. The van der Waals surface area contributed by atoms with Crippen LogP contribution in [0.15, 0.2) is 24.3 Å². The van der Waals surface area contributed by atoms with Crippen LogP contribution in [-0.4, -0.2) is 27.4 Å². The molecule has 1 aromatic heterocycles. The molecular formula is C22H30N4O2. The van der Waals surface area contributed by atoms with Crippen LogP contribution in [0.5, 0.6) is 0 Å². The van der Waals surface area contributed by atoms with Crippen LogP contribution < -0.4 is 10.6 Å². The lowest BCUT2D eigenvalue weighted by molar-refractivity contribution is 0.0927. The van der Waals surface area contributed by atoms with Gasteiger partial charge in [-0.2, -0.15) is 0 Å². The Kier molecular flexibility index (Phi) is 5.59. The summed E-state index contributed by atoms with van der Waals surface area (Å²) in [6.07, 6.45) is 2.74. The summed E-state index contributed by atoms with van der Waals surface area (Å²) in [5.41, 5.74) is 3.20. The van der Waals surface area contributed by atoms with Gasteiger partial charge in [0, 0.05) is 18.3 Å². The summed E-state index contributed by atoms with van der Waals surface area (Å²) in [6, 6.07) is 7.89. The smallest absolute Gasteiger partial charge is 0.287 e. The number of carbonyl (C=O) groups is 2. The highest BCUT2D eigenvalue weighted by Gasteiger charge is 2.27. The fourth-order valence-corrected chi connectivity index (χ4v) is 3.47. The Morgan fingerprint density at radius 1 is 1.07 bits per heavy atom. The average Bonchev–Trinajstić information content (AvgIpc) is 3.01. The minimum absolute atomic E-state index is 0.0163. The first kappa shape index (κ1) is 20.1. The molecule has 0 radical (unpaired) electrons. The monoisotopic (exact) mass is 382 g/mol. The van der Waals surface area contributed by atoms with Crippen LogP contribution in [0.2, 0.25) is 0 Å². The van der Waals surface area contributed by atoms with Crippen molar-refractivity contribution in [3.63, 3.8) is 0 Å². The Hall–Kier alpha value is -2.63. The van der Waals surface area contributed by atoms with Crippen LogP contribution in [0.25, 0.3) is 0 Å². The lowest BCUT2D eigenvalue weighted by Crippen LogP contribution is -2.33. The van der Waals surface area contributed by atoms with Crippen molar-refractivity contribution in [1.82, 2.24) is 14.9 Å². The summed E-state index contributed by atoms with van der Waals surface area (Å²) < 4.78 is 1.90. The molecule has 2 N–H and O–H groups in total. The number of aromatic nitrogens is 2. The first-order valence-corrected chi connectivity index (χ1v) is 9.99. The van der Waals surface area contributed by atoms with Crippen LogP contribution in [0, 0.1) is 0 Å². The number of hydrogen-bond acceptors (Lipinski definition) is 3. The molecule has 6 heteroatoms. The van der Waals surface area contributed by atoms with E-state index in [1.807, 2.05) is 42.7 Å². The quantitative estimate of drug-likeness (QED) is 0.842. The van der Waals surface area contributed by atoms with Gasteiger partial charge in [0.1, 0.15) is 0 Å². The van der Waals surface area contributed by atoms with E-state index in [1.54, 1.807) is 0 Å². The molecule has 0 aliphatic carbocycles. The van der Waals surface area contributed by atoms with Gasteiger partial charge in [0.15, 0.2) is 11.5 Å². The Balaban J connectivity index is 1.85. The SMILES string of the molecule is CC(C)NC(=O)c1nc(C(=O)Nc2ccc(C(C)(C)C)cc2)c2n1CCCC2. The third-order valence-corrected chi connectivity index (χ3v) is 4.96. The number of fused-ring (bicyclic) bond motifs is 1. The van der Waals surface area contributed by atoms with Gasteiger partial charge in [0.2, 0.25) is 0 Å². The minimum Gasteiger partial charge on any atom is -0.347 e. The van der Waals surface area contributed by atoms with Crippen molar-refractivity contribution in [3.8, 4) is 0 Å². The molecule has 0 bridgehead atoms. The Labute approximate surface area is 166 Å². The summed E-state index contributed by atoms with van der Waals surface area (Å²) in [5, 5.41) is 5.81. The summed E-state index contributed by atoms with van der Waals surface area (Å²) in [7, 11) is 0. The lowest BCUT2D eigenvalue weighted by Gasteiger charge is -2.19. The van der Waals surface area contributed by atoms with Gasteiger partial charge in [0.05, 0.1) is 5.69 Å². The van der Waals surface area contributed by atoms with E-state index >= 15 is 0 Å². The van der Waals surface area contributed by atoms with Crippen LogP contribution in [0.1, 0.15) is 79.8 Å². The van der Waals surface area contributed by atoms with Gasteiger partial charge in [-0.25, -0.2) is 4.98 Å². The second-order valence-electron chi connectivity index (χ2n) is 8.75. The van der Waals surface area contributed by atoms with Crippen molar-refractivity contribution in [2.45, 2.75) is 71.9 Å². The molecule has 150 valence electrons. The number of imidazole rings is 1. The molecule has 2 aromatic rings. The molecule has 1 aliphatic rings. The number of nitrogens with one attached hydrogen (secondary N) is 2. The third kappa shape index (κ3) is 4.26. The molecule has 0 saturated carbocycles. The summed E-state index contributed by atoms with van der Waals surface area (Å²) >= 11 is 0. The number of hydrogen-bond donors (Lipinski definition) is 2. The largest absolute Gasteiger partial charge is 0.347 e. The lowest BCUT2D eigenvalue weighted by atomic mass is 9.87. The van der Waals surface area contributed by atoms with Crippen LogP contribution in [0.4, 0.5) is 5.69 Å². The van der Waals surface area contributed by atoms with E-state index in [0.717, 1.165) is 37.2 Å². The van der Waals surface area contributed by atoms with Crippen LogP contribution >= 0.6 is 0 Å². The molecule has 0 spiro atoms. The van der Waals surface area contributed by atoms with E-state index in [2.05, 4.69) is 36.4 Å². The summed E-state index contributed by atoms with van der Waals surface area (Å²) in [6.45, 7) is 11.0. The first-order valence-electron chi connectivity index (χ1n) is 9.99. The molecule has 1 aromatic carbocycles. The van der Waals surface area contributed by atoms with E-state index in [1.165, 1.54) is 5.56 Å². The molecule has 6 nitrogen and oxygen atoms in total. The highest BCUT2D eigenvalue weighted by atomic mass is 16.2. The van der Waals surface area contributed by atoms with Gasteiger partial charge in [-0.05, 0) is 56.2 Å². The average molecular weight is 383 g/mol. The van der Waals surface area contributed by atoms with E-state index in [9.17, 15) is 9.59 Å². The third-order valence-electron chi connectivity index (χ3n) is 4.96. The van der Waals surface area contributed by atoms with E-state index in [-0.39, 0.29) is 23.3 Å². The van der Waals surface area contributed by atoms with Crippen LogP contribution in [0.3, 0.4) is 0 Å². The van der Waals surface area contributed by atoms with Crippen molar-refractivity contribution < 1.29 is 9.59 Å². The van der Waals surface area contributed by atoms with E-state index in [0.29, 0.717) is 11.5 Å². The minimum atomic E-state index is -0.266. The summed E-state index contributed by atoms with van der Waals surface area (Å²) in [5.74, 6) is -0.166. The van der Waals surface area contributed by atoms with Crippen molar-refractivity contribution in [3.05, 3.63) is 47.0 Å². The van der Waals surface area contributed by atoms with Crippen molar-refractivity contribution in [1.29, 1.82) is 0 Å². The fraction of sp³-hybridized carbons (Fsp3) is 0.500. The van der Waals surface area contributed by atoms with E-state index < -0.39 is 0 Å². The highest BCUT2D eigenvalue weighted by Crippen LogP contribution is 2.25. The van der Waals surface area contributed by atoms with Gasteiger partial charge >= 0.3 is 0 Å². The number of benzene rings is 1. The number of rotatable bonds is 4. The maximum absolute atomic E-state index is 12.9. The van der Waals surface area contributed by atoms with Gasteiger partial charge in [-0.1, -0.05) is 32.9 Å². The topological polar surface area (TPSA) is 76.0 Å². The molecular weight excluding hydrogens is 352 g/mol. The second-order valence-corrected chi connectivity index (χ2v) is 8.75. The van der Waals surface area contributed by atoms with E-state index in [4.69, 9.17) is 0 Å². The zero-order valence-corrected chi connectivity index (χ0v) is 17.4. The molecule has 2 amide bonds. The Bertz CT molecular complexity index is 873. The zero-order chi connectivity index (χ0) is 20.5.